The first-order valence-corrected chi connectivity index (χ1v) is 10.1. The zero-order valence-electron chi connectivity index (χ0n) is 16.3. The summed E-state index contributed by atoms with van der Waals surface area (Å²) in [5.74, 6) is -0.647. The number of aromatic nitrogens is 1. The lowest BCUT2D eigenvalue weighted by Gasteiger charge is -2.34. The zero-order chi connectivity index (χ0) is 22.2. The molecule has 0 radical (unpaired) electrons. The van der Waals surface area contributed by atoms with E-state index in [1.54, 1.807) is 18.2 Å². The Kier molecular flexibility index (Phi) is 5.70. The third-order valence-electron chi connectivity index (χ3n) is 5.47. The quantitative estimate of drug-likeness (QED) is 0.612. The van der Waals surface area contributed by atoms with E-state index in [4.69, 9.17) is 16.0 Å². The van der Waals surface area contributed by atoms with Gasteiger partial charge in [-0.25, -0.2) is 4.79 Å². The first-order chi connectivity index (χ1) is 14.7. The van der Waals surface area contributed by atoms with Crippen molar-refractivity contribution in [3.63, 3.8) is 0 Å². The number of H-pyrrole nitrogens is 1. The Hall–Kier alpha value is -2.94. The van der Waals surface area contributed by atoms with Gasteiger partial charge in [-0.3, -0.25) is 9.78 Å². The topological polar surface area (TPSA) is 78.3 Å². The number of alkyl halides is 3. The molecule has 2 N–H and O–H groups in total. The van der Waals surface area contributed by atoms with Crippen LogP contribution in [0.5, 0.6) is 0 Å². The number of nitrogens with one attached hydrogen (secondary N) is 2. The largest absolute Gasteiger partial charge is 0.417 e. The first-order valence-electron chi connectivity index (χ1n) is 9.73. The number of carbonyl (C=O) groups is 1. The predicted octanol–water partition coefficient (Wildman–Crippen LogP) is 4.44. The van der Waals surface area contributed by atoms with Crippen LogP contribution in [0, 0.1) is 5.92 Å². The number of nitrogens with zero attached hydrogens (tertiary/aromatic N) is 1. The van der Waals surface area contributed by atoms with Crippen LogP contribution >= 0.6 is 11.6 Å². The van der Waals surface area contributed by atoms with Gasteiger partial charge in [0.05, 0.1) is 16.1 Å². The van der Waals surface area contributed by atoms with Crippen LogP contribution in [-0.2, 0) is 6.18 Å². The van der Waals surface area contributed by atoms with E-state index in [1.807, 2.05) is 4.90 Å². The van der Waals surface area contributed by atoms with Crippen molar-refractivity contribution in [2.45, 2.75) is 19.0 Å². The summed E-state index contributed by atoms with van der Waals surface area (Å²) in [6.07, 6.45) is -3.03. The second kappa shape index (κ2) is 8.30. The summed E-state index contributed by atoms with van der Waals surface area (Å²) in [6.45, 7) is 1.62. The fraction of sp³-hybridized carbons (Fsp3) is 0.333. The highest BCUT2D eigenvalue weighted by molar-refractivity contribution is 6.31. The van der Waals surface area contributed by atoms with E-state index in [1.165, 1.54) is 12.1 Å². The number of hydrogen-bond acceptors (Lipinski definition) is 4. The van der Waals surface area contributed by atoms with Crippen LogP contribution in [0.15, 0.2) is 45.6 Å². The highest BCUT2D eigenvalue weighted by Crippen LogP contribution is 2.37. The van der Waals surface area contributed by atoms with Crippen LogP contribution < -0.4 is 16.0 Å². The molecule has 1 amide bonds. The number of amides is 1. The van der Waals surface area contributed by atoms with Crippen molar-refractivity contribution >= 4 is 34.3 Å². The van der Waals surface area contributed by atoms with Crippen molar-refractivity contribution in [2.75, 3.05) is 24.5 Å². The summed E-state index contributed by atoms with van der Waals surface area (Å²) in [5.41, 5.74) is 0.863. The number of anilines is 1. The molecule has 3 aromatic rings. The molecule has 2 heterocycles. The molecule has 2 aromatic carbocycles. The molecule has 1 fully saturated rings. The molecule has 0 bridgehead atoms. The third-order valence-corrected chi connectivity index (χ3v) is 5.80. The van der Waals surface area contributed by atoms with Gasteiger partial charge in [-0.1, -0.05) is 11.6 Å². The summed E-state index contributed by atoms with van der Waals surface area (Å²) in [4.78, 5) is 28.0. The van der Waals surface area contributed by atoms with Gasteiger partial charge in [-0.15, -0.1) is 0 Å². The van der Waals surface area contributed by atoms with Crippen molar-refractivity contribution in [3.05, 3.63) is 63.1 Å². The Morgan fingerprint density at radius 3 is 2.65 bits per heavy atom. The number of carbonyl (C=O) groups excluding carboxylic acids is 1. The Morgan fingerprint density at radius 1 is 1.19 bits per heavy atom. The lowest BCUT2D eigenvalue weighted by Crippen LogP contribution is -2.38. The van der Waals surface area contributed by atoms with Gasteiger partial charge in [-0.05, 0) is 55.2 Å². The fourth-order valence-corrected chi connectivity index (χ4v) is 3.97. The maximum Gasteiger partial charge on any atom is 0.417 e. The molecule has 4 rings (SSSR count). The van der Waals surface area contributed by atoms with Crippen LogP contribution in [0.1, 0.15) is 28.8 Å². The molecule has 31 heavy (non-hydrogen) atoms. The minimum Gasteiger partial charge on any atom is -0.408 e. The van der Waals surface area contributed by atoms with E-state index in [0.29, 0.717) is 42.0 Å². The maximum absolute atomic E-state index is 13.1. The van der Waals surface area contributed by atoms with Crippen LogP contribution in [0.3, 0.4) is 0 Å². The van der Waals surface area contributed by atoms with Crippen LogP contribution in [-0.4, -0.2) is 30.5 Å². The molecule has 0 atom stereocenters. The van der Waals surface area contributed by atoms with Gasteiger partial charge in [0.1, 0.15) is 0 Å². The lowest BCUT2D eigenvalue weighted by molar-refractivity contribution is -0.137. The van der Waals surface area contributed by atoms with Gasteiger partial charge in [0, 0.05) is 30.9 Å². The van der Waals surface area contributed by atoms with Gasteiger partial charge in [0.25, 0.3) is 5.91 Å². The van der Waals surface area contributed by atoms with E-state index in [9.17, 15) is 22.8 Å². The molecule has 1 saturated heterocycles. The molecule has 0 unspecified atom stereocenters. The SMILES string of the molecule is O=C(NCC1CCN(c2ccc(Cl)c(C(F)(F)F)c2)CC1)c1ccc2[nH]c(=O)oc2c1. The van der Waals surface area contributed by atoms with Gasteiger partial charge in [0.2, 0.25) is 0 Å². The molecule has 0 spiro atoms. The second-order valence-electron chi connectivity index (χ2n) is 7.53. The number of fused-ring (bicyclic) bond motifs is 1. The van der Waals surface area contributed by atoms with E-state index in [0.717, 1.165) is 18.9 Å². The van der Waals surface area contributed by atoms with Gasteiger partial charge in [0.15, 0.2) is 5.58 Å². The van der Waals surface area contributed by atoms with E-state index in [-0.39, 0.29) is 16.8 Å². The molecule has 10 heteroatoms. The molecule has 1 aliphatic heterocycles. The normalized spacial score (nSPS) is 15.4. The molecule has 0 aliphatic carbocycles. The summed E-state index contributed by atoms with van der Waals surface area (Å²) in [7, 11) is 0. The van der Waals surface area contributed by atoms with Crippen molar-refractivity contribution in [3.8, 4) is 0 Å². The van der Waals surface area contributed by atoms with Crippen molar-refractivity contribution in [2.24, 2.45) is 5.92 Å². The molecular formula is C21H19ClF3N3O3. The first kappa shape index (κ1) is 21.3. The number of benzene rings is 2. The van der Waals surface area contributed by atoms with Crippen molar-refractivity contribution < 1.29 is 22.4 Å². The van der Waals surface area contributed by atoms with Crippen LogP contribution in [0.25, 0.3) is 11.1 Å². The number of rotatable bonds is 4. The van der Waals surface area contributed by atoms with Crippen LogP contribution in [0.4, 0.5) is 18.9 Å². The average molecular weight is 454 g/mol. The summed E-state index contributed by atoms with van der Waals surface area (Å²) in [6, 6.07) is 8.66. The molecule has 0 saturated carbocycles. The Balaban J connectivity index is 1.33. The number of halogens is 4. The molecule has 1 aliphatic rings. The zero-order valence-corrected chi connectivity index (χ0v) is 17.0. The van der Waals surface area contributed by atoms with E-state index in [2.05, 4.69) is 10.3 Å². The van der Waals surface area contributed by atoms with Gasteiger partial charge in [-0.2, -0.15) is 13.2 Å². The second-order valence-corrected chi connectivity index (χ2v) is 7.94. The molecule has 164 valence electrons. The van der Waals surface area contributed by atoms with Crippen molar-refractivity contribution in [1.29, 1.82) is 0 Å². The Bertz CT molecular complexity index is 1160. The number of aromatic amines is 1. The molecule has 1 aromatic heterocycles. The Labute approximate surface area is 180 Å². The standard InChI is InChI=1S/C21H19ClF3N3O3/c22-16-3-2-14(10-15(16)21(23,24)25)28-7-5-12(6-8-28)11-26-19(29)13-1-4-17-18(9-13)31-20(30)27-17/h1-4,9-10,12H,5-8,11H2,(H,26,29)(H,27,30). The number of hydrogen-bond donors (Lipinski definition) is 2. The van der Waals surface area contributed by atoms with Crippen molar-refractivity contribution in [1.82, 2.24) is 10.3 Å². The highest BCUT2D eigenvalue weighted by atomic mass is 35.5. The predicted molar refractivity (Wildman–Crippen MR) is 111 cm³/mol. The van der Waals surface area contributed by atoms with E-state index < -0.39 is 17.5 Å². The number of oxazole rings is 1. The lowest BCUT2D eigenvalue weighted by atomic mass is 9.96. The minimum absolute atomic E-state index is 0.212. The molecular weight excluding hydrogens is 435 g/mol. The summed E-state index contributed by atoms with van der Waals surface area (Å²) < 4.78 is 44.3. The average Bonchev–Trinajstić information content (AvgIpc) is 3.11. The minimum atomic E-state index is -4.50. The van der Waals surface area contributed by atoms with E-state index >= 15 is 0 Å². The number of piperidine rings is 1. The van der Waals surface area contributed by atoms with Crippen LogP contribution in [0.2, 0.25) is 5.02 Å². The monoisotopic (exact) mass is 453 g/mol. The maximum atomic E-state index is 13.1. The smallest absolute Gasteiger partial charge is 0.408 e. The Morgan fingerprint density at radius 2 is 1.94 bits per heavy atom. The highest BCUT2D eigenvalue weighted by Gasteiger charge is 2.34. The summed E-state index contributed by atoms with van der Waals surface area (Å²) in [5, 5.41) is 2.56. The van der Waals surface area contributed by atoms with Gasteiger partial charge >= 0.3 is 11.9 Å². The third kappa shape index (κ3) is 4.71. The molecule has 6 nitrogen and oxygen atoms in total. The summed E-state index contributed by atoms with van der Waals surface area (Å²) >= 11 is 5.70. The van der Waals surface area contributed by atoms with Gasteiger partial charge < -0.3 is 14.6 Å². The fourth-order valence-electron chi connectivity index (χ4n) is 3.75.